The standard InChI is InChI=1S/C19H17N3O5/c1-27-15(23)11-22-14-10-6-5-9-13(14)16(19(22)26)20-21-18(25)17(24)12-7-3-2-4-8-12/h2-10,17,24,26H,11H2,1H3/t17-/m0/s1. The Morgan fingerprint density at radius 2 is 1.78 bits per heavy atom. The Morgan fingerprint density at radius 1 is 1.11 bits per heavy atom. The van der Waals surface area contributed by atoms with Gasteiger partial charge in [0.25, 0.3) is 5.91 Å². The van der Waals surface area contributed by atoms with E-state index < -0.39 is 18.0 Å². The molecule has 1 amide bonds. The minimum atomic E-state index is -1.46. The SMILES string of the molecule is COC(=O)Cn1c(O)c(N=NC(=O)[C@@H](O)c2ccccc2)c2ccccc21. The van der Waals surface area contributed by atoms with E-state index in [0.717, 1.165) is 0 Å². The van der Waals surface area contributed by atoms with Gasteiger partial charge in [-0.2, -0.15) is 0 Å². The number of para-hydroxylation sites is 1. The molecular weight excluding hydrogens is 350 g/mol. The van der Waals surface area contributed by atoms with Crippen LogP contribution in [0.25, 0.3) is 10.9 Å². The fourth-order valence-corrected chi connectivity index (χ4v) is 2.66. The number of hydrogen-bond donors (Lipinski definition) is 2. The first-order valence-electron chi connectivity index (χ1n) is 8.08. The van der Waals surface area contributed by atoms with Crippen LogP contribution in [-0.4, -0.2) is 33.8 Å². The van der Waals surface area contributed by atoms with Gasteiger partial charge in [0.15, 0.2) is 11.8 Å². The predicted octanol–water partition coefficient (Wildman–Crippen LogP) is 2.86. The fraction of sp³-hybridized carbons (Fsp3) is 0.158. The molecule has 1 atom stereocenters. The minimum Gasteiger partial charge on any atom is -0.493 e. The maximum Gasteiger partial charge on any atom is 0.325 e. The van der Waals surface area contributed by atoms with Crippen LogP contribution in [-0.2, 0) is 20.9 Å². The van der Waals surface area contributed by atoms with Gasteiger partial charge in [-0.15, -0.1) is 10.2 Å². The molecule has 0 saturated carbocycles. The number of esters is 1. The fourth-order valence-electron chi connectivity index (χ4n) is 2.66. The minimum absolute atomic E-state index is 0.0307. The highest BCUT2D eigenvalue weighted by Gasteiger charge is 2.20. The van der Waals surface area contributed by atoms with Crippen LogP contribution in [0.5, 0.6) is 5.88 Å². The van der Waals surface area contributed by atoms with E-state index in [-0.39, 0.29) is 18.1 Å². The smallest absolute Gasteiger partial charge is 0.325 e. The molecule has 0 aliphatic rings. The van der Waals surface area contributed by atoms with Crippen LogP contribution in [0.3, 0.4) is 0 Å². The highest BCUT2D eigenvalue weighted by Crippen LogP contribution is 2.38. The lowest BCUT2D eigenvalue weighted by Crippen LogP contribution is -2.10. The first kappa shape index (κ1) is 18.3. The molecule has 2 aromatic carbocycles. The van der Waals surface area contributed by atoms with Crippen LogP contribution < -0.4 is 0 Å². The number of aliphatic hydroxyl groups is 1. The number of aromatic nitrogens is 1. The van der Waals surface area contributed by atoms with Gasteiger partial charge in [0.05, 0.1) is 12.6 Å². The summed E-state index contributed by atoms with van der Waals surface area (Å²) in [5, 5.41) is 28.4. The second kappa shape index (κ2) is 7.79. The van der Waals surface area contributed by atoms with Crippen molar-refractivity contribution in [3.63, 3.8) is 0 Å². The lowest BCUT2D eigenvalue weighted by Gasteiger charge is -2.05. The number of amides is 1. The van der Waals surface area contributed by atoms with Crippen molar-refractivity contribution in [3.05, 3.63) is 60.2 Å². The summed E-state index contributed by atoms with van der Waals surface area (Å²) in [7, 11) is 1.25. The molecule has 0 fully saturated rings. The number of rotatable bonds is 5. The van der Waals surface area contributed by atoms with Gasteiger partial charge in [-0.25, -0.2) is 0 Å². The van der Waals surface area contributed by atoms with E-state index in [1.807, 2.05) is 0 Å². The first-order chi connectivity index (χ1) is 13.0. The molecule has 0 bridgehead atoms. The zero-order valence-electron chi connectivity index (χ0n) is 14.4. The molecule has 0 radical (unpaired) electrons. The van der Waals surface area contributed by atoms with Gasteiger partial charge >= 0.3 is 5.97 Å². The van der Waals surface area contributed by atoms with Crippen molar-refractivity contribution in [1.29, 1.82) is 0 Å². The largest absolute Gasteiger partial charge is 0.493 e. The van der Waals surface area contributed by atoms with Crippen LogP contribution >= 0.6 is 0 Å². The Bertz CT molecular complexity index is 1010. The number of carbonyl (C=O) groups is 2. The van der Waals surface area contributed by atoms with Crippen molar-refractivity contribution >= 4 is 28.5 Å². The summed E-state index contributed by atoms with van der Waals surface area (Å²) in [5.41, 5.74) is 0.951. The number of hydrogen-bond acceptors (Lipinski definition) is 6. The van der Waals surface area contributed by atoms with Crippen molar-refractivity contribution in [2.75, 3.05) is 7.11 Å². The van der Waals surface area contributed by atoms with E-state index in [2.05, 4.69) is 15.0 Å². The number of ether oxygens (including phenoxy) is 1. The van der Waals surface area contributed by atoms with Crippen LogP contribution in [0.15, 0.2) is 64.8 Å². The zero-order chi connectivity index (χ0) is 19.4. The summed E-state index contributed by atoms with van der Waals surface area (Å²) in [6.07, 6.45) is -1.46. The van der Waals surface area contributed by atoms with Gasteiger partial charge in [-0.1, -0.05) is 48.5 Å². The third-order valence-corrected chi connectivity index (χ3v) is 4.03. The average molecular weight is 367 g/mol. The molecule has 0 saturated heterocycles. The van der Waals surface area contributed by atoms with Crippen molar-refractivity contribution in [1.82, 2.24) is 4.57 Å². The van der Waals surface area contributed by atoms with E-state index in [0.29, 0.717) is 16.5 Å². The van der Waals surface area contributed by atoms with Crippen LogP contribution in [0.4, 0.5) is 5.69 Å². The van der Waals surface area contributed by atoms with Gasteiger partial charge in [0.2, 0.25) is 5.88 Å². The molecule has 8 nitrogen and oxygen atoms in total. The molecular formula is C19H17N3O5. The molecule has 3 rings (SSSR count). The number of carbonyl (C=O) groups excluding carboxylic acids is 2. The molecule has 0 spiro atoms. The molecule has 8 heteroatoms. The molecule has 0 aliphatic heterocycles. The van der Waals surface area contributed by atoms with Crippen molar-refractivity contribution in [2.45, 2.75) is 12.6 Å². The second-order valence-corrected chi connectivity index (χ2v) is 5.70. The van der Waals surface area contributed by atoms with Crippen LogP contribution in [0, 0.1) is 0 Å². The van der Waals surface area contributed by atoms with Gasteiger partial charge in [0.1, 0.15) is 6.54 Å². The summed E-state index contributed by atoms with van der Waals surface area (Å²) < 4.78 is 5.95. The predicted molar refractivity (Wildman–Crippen MR) is 96.5 cm³/mol. The summed E-state index contributed by atoms with van der Waals surface area (Å²) in [4.78, 5) is 23.7. The Balaban J connectivity index is 1.95. The molecule has 27 heavy (non-hydrogen) atoms. The van der Waals surface area contributed by atoms with Crippen LogP contribution in [0.1, 0.15) is 11.7 Å². The molecule has 138 valence electrons. The molecule has 2 N–H and O–H groups in total. The average Bonchev–Trinajstić information content (AvgIpc) is 2.97. The molecule has 1 heterocycles. The monoisotopic (exact) mass is 367 g/mol. The number of nitrogens with zero attached hydrogens (tertiary/aromatic N) is 3. The topological polar surface area (TPSA) is 113 Å². The summed E-state index contributed by atoms with van der Waals surface area (Å²) in [5.74, 6) is -1.75. The lowest BCUT2D eigenvalue weighted by molar-refractivity contribution is -0.141. The van der Waals surface area contributed by atoms with E-state index >= 15 is 0 Å². The second-order valence-electron chi connectivity index (χ2n) is 5.70. The quantitative estimate of drug-likeness (QED) is 0.532. The summed E-state index contributed by atoms with van der Waals surface area (Å²) in [6, 6.07) is 15.2. The Kier molecular flexibility index (Phi) is 5.28. The van der Waals surface area contributed by atoms with Gasteiger partial charge in [-0.3, -0.25) is 14.2 Å². The van der Waals surface area contributed by atoms with Gasteiger partial charge < -0.3 is 14.9 Å². The number of methoxy groups -OCH3 is 1. The Morgan fingerprint density at radius 3 is 2.48 bits per heavy atom. The Hall–Kier alpha value is -3.52. The van der Waals surface area contributed by atoms with E-state index in [1.54, 1.807) is 54.6 Å². The van der Waals surface area contributed by atoms with Gasteiger partial charge in [0, 0.05) is 5.39 Å². The third kappa shape index (κ3) is 3.70. The molecule has 1 aromatic heterocycles. The van der Waals surface area contributed by atoms with Crippen molar-refractivity contribution in [2.24, 2.45) is 10.2 Å². The van der Waals surface area contributed by atoms with E-state index in [4.69, 9.17) is 0 Å². The van der Waals surface area contributed by atoms with Crippen molar-refractivity contribution < 1.29 is 24.5 Å². The molecule has 0 unspecified atom stereocenters. The highest BCUT2D eigenvalue weighted by atomic mass is 16.5. The van der Waals surface area contributed by atoms with Crippen molar-refractivity contribution in [3.8, 4) is 5.88 Å². The number of benzene rings is 2. The first-order valence-corrected chi connectivity index (χ1v) is 8.08. The molecule has 3 aromatic rings. The lowest BCUT2D eigenvalue weighted by atomic mass is 10.1. The normalized spacial score (nSPS) is 12.4. The molecule has 0 aliphatic carbocycles. The maximum absolute atomic E-state index is 12.1. The van der Waals surface area contributed by atoms with E-state index in [9.17, 15) is 19.8 Å². The third-order valence-electron chi connectivity index (χ3n) is 4.03. The number of azo groups is 1. The Labute approximate surface area is 154 Å². The highest BCUT2D eigenvalue weighted by molar-refractivity contribution is 5.96. The maximum atomic E-state index is 12.1. The number of fused-ring (bicyclic) bond motifs is 1. The van der Waals surface area contributed by atoms with E-state index in [1.165, 1.54) is 11.7 Å². The van der Waals surface area contributed by atoms with Gasteiger partial charge in [-0.05, 0) is 11.6 Å². The number of aromatic hydroxyl groups is 1. The zero-order valence-corrected chi connectivity index (χ0v) is 14.4. The van der Waals surface area contributed by atoms with Crippen LogP contribution in [0.2, 0.25) is 0 Å². The summed E-state index contributed by atoms with van der Waals surface area (Å²) >= 11 is 0. The summed E-state index contributed by atoms with van der Waals surface area (Å²) in [6.45, 7) is -0.223. The number of aliphatic hydroxyl groups excluding tert-OH is 1.